The van der Waals surface area contributed by atoms with Crippen LogP contribution in [0.25, 0.3) is 5.69 Å². The molecule has 37 heavy (non-hydrogen) atoms. The number of anilines is 1. The van der Waals surface area contributed by atoms with Gasteiger partial charge in [0.15, 0.2) is 5.69 Å². The summed E-state index contributed by atoms with van der Waals surface area (Å²) in [6.45, 7) is 2.25. The second kappa shape index (κ2) is 12.7. The number of nitrogens with zero attached hydrogens (tertiary/aromatic N) is 3. The zero-order valence-corrected chi connectivity index (χ0v) is 22.6. The Balaban J connectivity index is 1.51. The molecular weight excluding hydrogens is 587 g/mol. The summed E-state index contributed by atoms with van der Waals surface area (Å²) in [5.74, 6) is 2.56. The van der Waals surface area contributed by atoms with Gasteiger partial charge in [-0.25, -0.2) is 4.68 Å². The Hall–Kier alpha value is -3.40. The number of carbonyl (C=O) groups excluding carboxylic acids is 2. The molecule has 0 unspecified atom stereocenters. The fraction of sp³-hybridized carbons (Fsp3) is 0.296. The van der Waals surface area contributed by atoms with E-state index in [2.05, 4.69) is 14.5 Å². The van der Waals surface area contributed by atoms with E-state index in [-0.39, 0.29) is 24.1 Å². The van der Waals surface area contributed by atoms with Gasteiger partial charge in [0.25, 0.3) is 11.8 Å². The van der Waals surface area contributed by atoms with Crippen molar-refractivity contribution in [2.75, 3.05) is 45.0 Å². The lowest BCUT2D eigenvalue weighted by atomic mass is 10.0. The predicted octanol–water partition coefficient (Wildman–Crippen LogP) is 3.37. The minimum absolute atomic E-state index is 0.208. The molecule has 0 atom stereocenters. The van der Waals surface area contributed by atoms with Gasteiger partial charge in [0.2, 0.25) is 0 Å². The Morgan fingerprint density at radius 2 is 1.78 bits per heavy atom. The smallest absolute Gasteiger partial charge is 0.280 e. The lowest BCUT2D eigenvalue weighted by Gasteiger charge is -2.28. The summed E-state index contributed by atoms with van der Waals surface area (Å²) in [6.07, 6.45) is 6.39. The van der Waals surface area contributed by atoms with Gasteiger partial charge in [-0.2, -0.15) is 5.10 Å². The summed E-state index contributed by atoms with van der Waals surface area (Å²) in [7, 11) is 1.59. The van der Waals surface area contributed by atoms with E-state index in [1.165, 1.54) is 0 Å². The quantitative estimate of drug-likeness (QED) is 0.154. The van der Waals surface area contributed by atoms with Crippen LogP contribution in [0.2, 0.25) is 0 Å². The third kappa shape index (κ3) is 6.12. The van der Waals surface area contributed by atoms with E-state index in [1.807, 2.05) is 36.4 Å². The molecule has 2 heterocycles. The molecule has 0 saturated heterocycles. The molecule has 0 fully saturated rings. The van der Waals surface area contributed by atoms with E-state index in [4.69, 9.17) is 20.6 Å². The summed E-state index contributed by atoms with van der Waals surface area (Å²) in [4.78, 5) is 28.0. The van der Waals surface area contributed by atoms with E-state index >= 15 is 0 Å². The molecule has 2 amide bonds. The summed E-state index contributed by atoms with van der Waals surface area (Å²) in [5.41, 5.74) is 3.84. The predicted molar refractivity (Wildman–Crippen MR) is 148 cm³/mol. The number of amides is 2. The minimum atomic E-state index is -0.334. The summed E-state index contributed by atoms with van der Waals surface area (Å²) >= 11 is 1.78. The Labute approximate surface area is 229 Å². The molecule has 0 bridgehead atoms. The summed E-state index contributed by atoms with van der Waals surface area (Å²) < 4.78 is 20.2. The number of hydrogen-bond donors (Lipinski definition) is 1. The number of terminal acetylenes is 1. The zero-order chi connectivity index (χ0) is 26.2. The van der Waals surface area contributed by atoms with Crippen LogP contribution >= 0.6 is 22.9 Å². The molecule has 10 heteroatoms. The first-order valence-electron chi connectivity index (χ1n) is 11.7. The molecule has 2 aromatic carbocycles. The fourth-order valence-electron chi connectivity index (χ4n) is 4.13. The van der Waals surface area contributed by atoms with Crippen LogP contribution in [-0.2, 0) is 22.3 Å². The van der Waals surface area contributed by atoms with Crippen molar-refractivity contribution >= 4 is 40.4 Å². The second-order valence-electron chi connectivity index (χ2n) is 8.20. The molecule has 0 saturated carbocycles. The van der Waals surface area contributed by atoms with E-state index < -0.39 is 0 Å². The lowest BCUT2D eigenvalue weighted by Crippen LogP contribution is -2.39. The Morgan fingerprint density at radius 3 is 2.46 bits per heavy atom. The average Bonchev–Trinajstić information content (AvgIpc) is 3.33. The molecule has 4 rings (SSSR count). The average molecular weight is 614 g/mol. The Morgan fingerprint density at radius 1 is 1.08 bits per heavy atom. The number of aromatic nitrogens is 2. The van der Waals surface area contributed by atoms with Gasteiger partial charge in [-0.1, -0.05) is 18.1 Å². The highest BCUT2D eigenvalue weighted by Gasteiger charge is 2.35. The lowest BCUT2D eigenvalue weighted by molar-refractivity contribution is 0.0615. The molecule has 1 N–H and O–H groups in total. The van der Waals surface area contributed by atoms with Crippen molar-refractivity contribution < 1.29 is 23.8 Å². The first-order chi connectivity index (χ1) is 18.1. The largest absolute Gasteiger partial charge is 0.497 e. The van der Waals surface area contributed by atoms with Gasteiger partial charge >= 0.3 is 0 Å². The van der Waals surface area contributed by atoms with Crippen LogP contribution in [0.4, 0.5) is 5.69 Å². The standard InChI is InChI=1S/C27H27IN4O5/c1-3-15-36-17-18-37-16-13-19-4-6-20(7-5-19)31-14-12-23-24(26(33)29-28)30-32(25(23)27(31)34)21-8-10-22(35-2)11-9-21/h1,4-11H,12-18H2,2H3,(H,29,33). The van der Waals surface area contributed by atoms with Gasteiger partial charge in [0.05, 0.1) is 55.5 Å². The maximum atomic E-state index is 13.7. The normalized spacial score (nSPS) is 12.7. The Bertz CT molecular complexity index is 1280. The van der Waals surface area contributed by atoms with Crippen molar-refractivity contribution in [2.45, 2.75) is 12.8 Å². The highest BCUT2D eigenvalue weighted by atomic mass is 127. The topological polar surface area (TPSA) is 94.9 Å². The van der Waals surface area contributed by atoms with E-state index in [0.717, 1.165) is 17.7 Å². The molecule has 9 nitrogen and oxygen atoms in total. The van der Waals surface area contributed by atoms with E-state index in [1.54, 1.807) is 51.7 Å². The first-order valence-corrected chi connectivity index (χ1v) is 12.8. The van der Waals surface area contributed by atoms with Crippen LogP contribution in [0, 0.1) is 12.3 Å². The fourth-order valence-corrected chi connectivity index (χ4v) is 4.38. The van der Waals surface area contributed by atoms with Crippen molar-refractivity contribution in [3.8, 4) is 23.8 Å². The van der Waals surface area contributed by atoms with Gasteiger partial charge in [-0.05, 0) is 54.8 Å². The van der Waals surface area contributed by atoms with Crippen molar-refractivity contribution in [3.05, 3.63) is 71.0 Å². The monoisotopic (exact) mass is 614 g/mol. The van der Waals surface area contributed by atoms with Crippen LogP contribution in [-0.4, -0.2) is 61.7 Å². The molecule has 192 valence electrons. The molecule has 1 aromatic heterocycles. The SMILES string of the molecule is C#CCOCCOCCc1ccc(N2CCc3c(C(=O)NI)nn(-c4ccc(OC)cc4)c3C2=O)cc1. The van der Waals surface area contributed by atoms with Crippen molar-refractivity contribution in [2.24, 2.45) is 0 Å². The third-order valence-corrected chi connectivity index (χ3v) is 6.46. The number of hydrogen-bond acceptors (Lipinski definition) is 6. The molecular formula is C27H27IN4O5. The van der Waals surface area contributed by atoms with Gasteiger partial charge in [-0.3, -0.25) is 13.1 Å². The van der Waals surface area contributed by atoms with Crippen LogP contribution < -0.4 is 13.2 Å². The second-order valence-corrected chi connectivity index (χ2v) is 8.74. The Kier molecular flexibility index (Phi) is 9.16. The van der Waals surface area contributed by atoms with Crippen LogP contribution in [0.15, 0.2) is 48.5 Å². The minimum Gasteiger partial charge on any atom is -0.497 e. The number of benzene rings is 2. The molecule has 1 aliphatic heterocycles. The molecule has 0 spiro atoms. The van der Waals surface area contributed by atoms with Gasteiger partial charge < -0.3 is 19.1 Å². The number of nitrogens with one attached hydrogen (secondary N) is 1. The maximum absolute atomic E-state index is 13.7. The van der Waals surface area contributed by atoms with Crippen LogP contribution in [0.1, 0.15) is 32.1 Å². The van der Waals surface area contributed by atoms with Crippen LogP contribution in [0.5, 0.6) is 5.75 Å². The molecule has 0 radical (unpaired) electrons. The van der Waals surface area contributed by atoms with Gasteiger partial charge in [0, 0.05) is 17.8 Å². The summed E-state index contributed by atoms with van der Waals surface area (Å²) in [5, 5.41) is 4.53. The zero-order valence-electron chi connectivity index (χ0n) is 20.4. The van der Waals surface area contributed by atoms with Crippen LogP contribution in [0.3, 0.4) is 0 Å². The first kappa shape index (κ1) is 26.7. The number of ether oxygens (including phenoxy) is 3. The number of rotatable bonds is 11. The maximum Gasteiger partial charge on any atom is 0.280 e. The highest BCUT2D eigenvalue weighted by molar-refractivity contribution is 14.1. The number of carbonyl (C=O) groups is 2. The number of methoxy groups -OCH3 is 1. The van der Waals surface area contributed by atoms with E-state index in [0.29, 0.717) is 55.5 Å². The number of fused-ring (bicyclic) bond motifs is 1. The van der Waals surface area contributed by atoms with Crippen molar-refractivity contribution in [1.29, 1.82) is 0 Å². The van der Waals surface area contributed by atoms with E-state index in [9.17, 15) is 9.59 Å². The molecule has 0 aliphatic carbocycles. The highest BCUT2D eigenvalue weighted by Crippen LogP contribution is 2.29. The van der Waals surface area contributed by atoms with Crippen molar-refractivity contribution in [3.63, 3.8) is 0 Å². The molecule has 1 aliphatic rings. The van der Waals surface area contributed by atoms with Crippen molar-refractivity contribution in [1.82, 2.24) is 13.3 Å². The van der Waals surface area contributed by atoms with Gasteiger partial charge in [0.1, 0.15) is 18.1 Å². The number of halogens is 1. The summed E-state index contributed by atoms with van der Waals surface area (Å²) in [6, 6.07) is 15.0. The third-order valence-electron chi connectivity index (χ3n) is 5.98. The van der Waals surface area contributed by atoms with Gasteiger partial charge in [-0.15, -0.1) is 6.42 Å². The molecule has 3 aromatic rings.